The molecule has 0 radical (unpaired) electrons. The van der Waals surface area contributed by atoms with Gasteiger partial charge in [0.05, 0.1) is 6.20 Å². The summed E-state index contributed by atoms with van der Waals surface area (Å²) in [5.74, 6) is 2.40. The van der Waals surface area contributed by atoms with Crippen LogP contribution in [0.15, 0.2) is 12.3 Å². The molecule has 3 N–H and O–H groups in total. The van der Waals surface area contributed by atoms with Crippen molar-refractivity contribution in [3.8, 4) is 0 Å². The van der Waals surface area contributed by atoms with Crippen LogP contribution >= 0.6 is 0 Å². The molecule has 2 heterocycles. The van der Waals surface area contributed by atoms with Gasteiger partial charge in [0.15, 0.2) is 5.65 Å². The summed E-state index contributed by atoms with van der Waals surface area (Å²) < 4.78 is 1.99. The largest absolute Gasteiger partial charge is 0.367 e. The maximum atomic E-state index is 6.09. The molecule has 0 aromatic carbocycles. The molecule has 1 unspecified atom stereocenters. The second kappa shape index (κ2) is 6.36. The van der Waals surface area contributed by atoms with E-state index in [1.165, 1.54) is 30.5 Å². The van der Waals surface area contributed by atoms with Crippen molar-refractivity contribution in [1.82, 2.24) is 14.6 Å². The number of hydrogen-bond acceptors (Lipinski definition) is 4. The fraction of sp³-hybridized carbons (Fsp3) is 0.684. The van der Waals surface area contributed by atoms with Crippen molar-refractivity contribution in [3.05, 3.63) is 23.5 Å². The molecule has 0 spiro atoms. The molecule has 4 rings (SSSR count). The number of nitrogens with two attached hydrogens (primary N) is 1. The zero-order valence-electron chi connectivity index (χ0n) is 14.8. The molecule has 3 atom stereocenters. The summed E-state index contributed by atoms with van der Waals surface area (Å²) >= 11 is 0. The molecular formula is C19H29N5. The Kier molecular flexibility index (Phi) is 4.21. The third-order valence-electron chi connectivity index (χ3n) is 6.09. The standard InChI is InChI=1S/C19H29N5/c1-3-13-11-21-24-18(22-16-8-7-15(20)9-16)10-17(23-19(13)24)12(2)14-5-4-6-14/h10-12,14-16,22H,3-9,20H2,1-2H3/t12?,15-,16-/m0/s1. The van der Waals surface area contributed by atoms with Crippen molar-refractivity contribution in [1.29, 1.82) is 0 Å². The van der Waals surface area contributed by atoms with Crippen molar-refractivity contribution in [2.45, 2.75) is 76.8 Å². The van der Waals surface area contributed by atoms with Crippen LogP contribution in [0.4, 0.5) is 5.82 Å². The molecule has 2 saturated carbocycles. The molecule has 2 aromatic rings. The molecule has 5 heteroatoms. The molecule has 5 nitrogen and oxygen atoms in total. The van der Waals surface area contributed by atoms with Gasteiger partial charge in [0.1, 0.15) is 5.82 Å². The minimum atomic E-state index is 0.331. The summed E-state index contributed by atoms with van der Waals surface area (Å²) in [4.78, 5) is 4.99. The van der Waals surface area contributed by atoms with Gasteiger partial charge in [0.25, 0.3) is 0 Å². The molecule has 0 saturated heterocycles. The van der Waals surface area contributed by atoms with Gasteiger partial charge in [-0.3, -0.25) is 0 Å². The number of anilines is 1. The lowest BCUT2D eigenvalue weighted by Crippen LogP contribution is -2.23. The van der Waals surface area contributed by atoms with Crippen LogP contribution in [0.1, 0.15) is 69.5 Å². The average molecular weight is 327 g/mol. The number of nitrogens with zero attached hydrogens (tertiary/aromatic N) is 3. The lowest BCUT2D eigenvalue weighted by Gasteiger charge is -2.31. The Bertz CT molecular complexity index is 718. The zero-order chi connectivity index (χ0) is 16.7. The number of nitrogens with one attached hydrogen (secondary N) is 1. The predicted octanol–water partition coefficient (Wildman–Crippen LogP) is 3.49. The maximum Gasteiger partial charge on any atom is 0.160 e. The highest BCUT2D eigenvalue weighted by atomic mass is 15.3. The molecule has 2 aliphatic rings. The normalized spacial score (nSPS) is 25.8. The van der Waals surface area contributed by atoms with Gasteiger partial charge in [0, 0.05) is 35.3 Å². The third kappa shape index (κ3) is 2.79. The Labute approximate surface area is 144 Å². The molecule has 2 aliphatic carbocycles. The van der Waals surface area contributed by atoms with Crippen LogP contribution in [0.25, 0.3) is 5.65 Å². The fourth-order valence-electron chi connectivity index (χ4n) is 4.15. The van der Waals surface area contributed by atoms with Gasteiger partial charge in [-0.15, -0.1) is 0 Å². The van der Waals surface area contributed by atoms with E-state index in [0.717, 1.165) is 43.1 Å². The van der Waals surface area contributed by atoms with Crippen LogP contribution in [0.2, 0.25) is 0 Å². The van der Waals surface area contributed by atoms with E-state index in [-0.39, 0.29) is 0 Å². The van der Waals surface area contributed by atoms with E-state index < -0.39 is 0 Å². The Morgan fingerprint density at radius 2 is 2.17 bits per heavy atom. The quantitative estimate of drug-likeness (QED) is 0.882. The SMILES string of the molecule is CCc1cnn2c(N[C@H]3CC[C@H](N)C3)cc(C(C)C3CCC3)nc12. The van der Waals surface area contributed by atoms with Crippen LogP contribution in [0, 0.1) is 5.92 Å². The molecular weight excluding hydrogens is 298 g/mol. The minimum Gasteiger partial charge on any atom is -0.367 e. The van der Waals surface area contributed by atoms with Crippen LogP contribution in [0.3, 0.4) is 0 Å². The highest BCUT2D eigenvalue weighted by Crippen LogP contribution is 2.39. The van der Waals surface area contributed by atoms with Crippen molar-refractivity contribution in [2.75, 3.05) is 5.32 Å². The molecule has 2 aromatic heterocycles. The summed E-state index contributed by atoms with van der Waals surface area (Å²) in [5.41, 5.74) is 9.55. The van der Waals surface area contributed by atoms with Gasteiger partial charge >= 0.3 is 0 Å². The first-order valence-electron chi connectivity index (χ1n) is 9.55. The predicted molar refractivity (Wildman–Crippen MR) is 97.4 cm³/mol. The van der Waals surface area contributed by atoms with E-state index in [1.54, 1.807) is 0 Å². The monoisotopic (exact) mass is 327 g/mol. The molecule has 0 aliphatic heterocycles. The van der Waals surface area contributed by atoms with Gasteiger partial charge in [0.2, 0.25) is 0 Å². The van der Waals surface area contributed by atoms with Crippen molar-refractivity contribution in [3.63, 3.8) is 0 Å². The number of aromatic nitrogens is 3. The summed E-state index contributed by atoms with van der Waals surface area (Å²) in [7, 11) is 0. The highest BCUT2D eigenvalue weighted by Gasteiger charge is 2.28. The van der Waals surface area contributed by atoms with Crippen molar-refractivity contribution < 1.29 is 0 Å². The Hall–Kier alpha value is -1.62. The molecule has 0 amide bonds. The topological polar surface area (TPSA) is 68.2 Å². The van der Waals surface area contributed by atoms with Crippen LogP contribution in [0.5, 0.6) is 0 Å². The number of rotatable bonds is 5. The summed E-state index contributed by atoms with van der Waals surface area (Å²) in [6, 6.07) is 3.01. The van der Waals surface area contributed by atoms with Crippen LogP contribution in [-0.4, -0.2) is 26.7 Å². The number of fused-ring (bicyclic) bond motifs is 1. The first-order valence-corrected chi connectivity index (χ1v) is 9.55. The Morgan fingerprint density at radius 1 is 1.33 bits per heavy atom. The summed E-state index contributed by atoms with van der Waals surface area (Å²) in [6.45, 7) is 4.50. The second-order valence-electron chi connectivity index (χ2n) is 7.72. The van der Waals surface area contributed by atoms with E-state index in [2.05, 4.69) is 30.3 Å². The Morgan fingerprint density at radius 3 is 2.79 bits per heavy atom. The summed E-state index contributed by atoms with van der Waals surface area (Å²) in [6.07, 6.45) is 10.3. The smallest absolute Gasteiger partial charge is 0.160 e. The summed E-state index contributed by atoms with van der Waals surface area (Å²) in [5, 5.41) is 8.29. The van der Waals surface area contributed by atoms with E-state index in [4.69, 9.17) is 10.7 Å². The van der Waals surface area contributed by atoms with E-state index in [0.29, 0.717) is 18.0 Å². The van der Waals surface area contributed by atoms with E-state index in [9.17, 15) is 0 Å². The fourth-order valence-corrected chi connectivity index (χ4v) is 4.15. The van der Waals surface area contributed by atoms with Crippen molar-refractivity contribution in [2.24, 2.45) is 11.7 Å². The van der Waals surface area contributed by atoms with Gasteiger partial charge in [-0.1, -0.05) is 20.3 Å². The first kappa shape index (κ1) is 15.9. The van der Waals surface area contributed by atoms with Crippen molar-refractivity contribution >= 4 is 11.5 Å². The average Bonchev–Trinajstić information content (AvgIpc) is 3.11. The highest BCUT2D eigenvalue weighted by molar-refractivity contribution is 5.55. The minimum absolute atomic E-state index is 0.331. The lowest BCUT2D eigenvalue weighted by molar-refractivity contribution is 0.269. The first-order chi connectivity index (χ1) is 11.7. The second-order valence-corrected chi connectivity index (χ2v) is 7.72. The van der Waals surface area contributed by atoms with Gasteiger partial charge in [-0.25, -0.2) is 4.98 Å². The van der Waals surface area contributed by atoms with E-state index in [1.807, 2.05) is 10.7 Å². The molecule has 2 fully saturated rings. The number of hydrogen-bond donors (Lipinski definition) is 2. The van der Waals surface area contributed by atoms with Gasteiger partial charge < -0.3 is 11.1 Å². The third-order valence-corrected chi connectivity index (χ3v) is 6.09. The molecule has 0 bridgehead atoms. The van der Waals surface area contributed by atoms with Gasteiger partial charge in [-0.2, -0.15) is 9.61 Å². The zero-order valence-corrected chi connectivity index (χ0v) is 14.8. The molecule has 130 valence electrons. The maximum absolute atomic E-state index is 6.09. The van der Waals surface area contributed by atoms with Crippen LogP contribution in [-0.2, 0) is 6.42 Å². The van der Waals surface area contributed by atoms with Crippen LogP contribution < -0.4 is 11.1 Å². The number of aryl methyl sites for hydroxylation is 1. The lowest BCUT2D eigenvalue weighted by atomic mass is 9.75. The van der Waals surface area contributed by atoms with E-state index >= 15 is 0 Å². The van der Waals surface area contributed by atoms with Gasteiger partial charge in [-0.05, 0) is 44.4 Å². The Balaban J connectivity index is 1.71. The molecule has 24 heavy (non-hydrogen) atoms.